The Balaban J connectivity index is 2.29. The molecule has 0 amide bonds. The second kappa shape index (κ2) is 5.95. The maximum Gasteiger partial charge on any atom is 0.140 e. The molecule has 0 aliphatic heterocycles. The zero-order valence-electron chi connectivity index (χ0n) is 9.82. The highest BCUT2D eigenvalue weighted by molar-refractivity contribution is 5.79. The van der Waals surface area contributed by atoms with E-state index in [9.17, 15) is 0 Å². The second-order valence-corrected chi connectivity index (χ2v) is 4.73. The summed E-state index contributed by atoms with van der Waals surface area (Å²) in [4.78, 5) is 2.42. The van der Waals surface area contributed by atoms with Crippen LogP contribution in [0.2, 0.25) is 0 Å². The molecule has 0 atom stereocenters. The Hall–Kier alpha value is -0.770. The van der Waals surface area contributed by atoms with Crippen molar-refractivity contribution in [3.63, 3.8) is 0 Å². The van der Waals surface area contributed by atoms with Crippen molar-refractivity contribution in [2.75, 3.05) is 13.1 Å². The summed E-state index contributed by atoms with van der Waals surface area (Å²) in [5.74, 6) is 1.20. The van der Waals surface area contributed by atoms with Gasteiger partial charge in [-0.2, -0.15) is 0 Å². The van der Waals surface area contributed by atoms with Crippen LogP contribution in [-0.2, 0) is 0 Å². The molecule has 0 saturated heterocycles. The molecule has 3 N–H and O–H groups in total. The maximum atomic E-state index is 8.47. The van der Waals surface area contributed by atoms with Crippen LogP contribution in [-0.4, -0.2) is 35.1 Å². The Morgan fingerprint density at radius 1 is 1.53 bits per heavy atom. The molecule has 1 aliphatic rings. The van der Waals surface area contributed by atoms with E-state index in [-0.39, 0.29) is 0 Å². The van der Waals surface area contributed by atoms with Gasteiger partial charge in [0.2, 0.25) is 0 Å². The molecule has 1 saturated carbocycles. The van der Waals surface area contributed by atoms with Crippen LogP contribution in [0.15, 0.2) is 5.16 Å². The third kappa shape index (κ3) is 4.08. The fourth-order valence-electron chi connectivity index (χ4n) is 1.88. The molecule has 0 aromatic rings. The summed E-state index contributed by atoms with van der Waals surface area (Å²) in [6.07, 6.45) is 4.78. The van der Waals surface area contributed by atoms with Crippen molar-refractivity contribution in [1.82, 2.24) is 4.90 Å². The molecular weight excluding hydrogens is 190 g/mol. The standard InChI is InChI=1S/C11H23N3O/c1-9(2)14(7-6-11(12)13-15)8-10-4-3-5-10/h9-10,15H,3-8H2,1-2H3,(H2,12,13). The summed E-state index contributed by atoms with van der Waals surface area (Å²) in [7, 11) is 0. The van der Waals surface area contributed by atoms with E-state index in [0.29, 0.717) is 18.3 Å². The van der Waals surface area contributed by atoms with Crippen LogP contribution in [0.5, 0.6) is 0 Å². The molecule has 88 valence electrons. The topological polar surface area (TPSA) is 61.8 Å². The van der Waals surface area contributed by atoms with E-state index in [1.807, 2.05) is 0 Å². The van der Waals surface area contributed by atoms with Gasteiger partial charge in [0.25, 0.3) is 0 Å². The van der Waals surface area contributed by atoms with Gasteiger partial charge in [0, 0.05) is 25.6 Å². The van der Waals surface area contributed by atoms with Gasteiger partial charge in [0.05, 0.1) is 0 Å². The van der Waals surface area contributed by atoms with E-state index in [0.717, 1.165) is 19.0 Å². The molecule has 0 aromatic heterocycles. The van der Waals surface area contributed by atoms with Crippen LogP contribution in [0.1, 0.15) is 39.5 Å². The average molecular weight is 213 g/mol. The highest BCUT2D eigenvalue weighted by Gasteiger charge is 2.21. The smallest absolute Gasteiger partial charge is 0.140 e. The summed E-state index contributed by atoms with van der Waals surface area (Å²) < 4.78 is 0. The Labute approximate surface area is 92.1 Å². The number of rotatable bonds is 6. The van der Waals surface area contributed by atoms with Gasteiger partial charge in [0.1, 0.15) is 5.84 Å². The van der Waals surface area contributed by atoms with E-state index < -0.39 is 0 Å². The molecule has 0 heterocycles. The average Bonchev–Trinajstić information content (AvgIpc) is 2.14. The van der Waals surface area contributed by atoms with Gasteiger partial charge < -0.3 is 15.8 Å². The first-order valence-electron chi connectivity index (χ1n) is 5.84. The van der Waals surface area contributed by atoms with Crippen molar-refractivity contribution in [2.45, 2.75) is 45.6 Å². The molecule has 1 aliphatic carbocycles. The number of hydrogen-bond acceptors (Lipinski definition) is 3. The number of amidine groups is 1. The fraction of sp³-hybridized carbons (Fsp3) is 0.909. The Morgan fingerprint density at radius 2 is 2.20 bits per heavy atom. The van der Waals surface area contributed by atoms with Gasteiger partial charge in [-0.25, -0.2) is 0 Å². The summed E-state index contributed by atoms with van der Waals surface area (Å²) in [6, 6.07) is 0.539. The largest absolute Gasteiger partial charge is 0.409 e. The minimum atomic E-state index is 0.328. The van der Waals surface area contributed by atoms with Crippen LogP contribution in [0, 0.1) is 5.92 Å². The van der Waals surface area contributed by atoms with Crippen molar-refractivity contribution in [3.8, 4) is 0 Å². The molecule has 4 heteroatoms. The van der Waals surface area contributed by atoms with Crippen LogP contribution in [0.3, 0.4) is 0 Å². The molecule has 0 unspecified atom stereocenters. The lowest BCUT2D eigenvalue weighted by atomic mass is 9.85. The highest BCUT2D eigenvalue weighted by Crippen LogP contribution is 2.27. The molecule has 1 rings (SSSR count). The Bertz CT molecular complexity index is 212. The first-order valence-corrected chi connectivity index (χ1v) is 5.84. The van der Waals surface area contributed by atoms with Gasteiger partial charge in [-0.1, -0.05) is 11.6 Å². The van der Waals surface area contributed by atoms with Crippen LogP contribution < -0.4 is 5.73 Å². The summed E-state index contributed by atoms with van der Waals surface area (Å²) in [6.45, 7) is 6.45. The lowest BCUT2D eigenvalue weighted by Gasteiger charge is -2.34. The van der Waals surface area contributed by atoms with Gasteiger partial charge in [-0.3, -0.25) is 0 Å². The Morgan fingerprint density at radius 3 is 2.60 bits per heavy atom. The second-order valence-electron chi connectivity index (χ2n) is 4.73. The van der Waals surface area contributed by atoms with Crippen molar-refractivity contribution >= 4 is 5.84 Å². The number of hydrogen-bond donors (Lipinski definition) is 2. The van der Waals surface area contributed by atoms with Crippen molar-refractivity contribution in [1.29, 1.82) is 0 Å². The highest BCUT2D eigenvalue weighted by atomic mass is 16.4. The molecule has 0 aromatic carbocycles. The summed E-state index contributed by atoms with van der Waals surface area (Å²) >= 11 is 0. The number of nitrogens with two attached hydrogens (primary N) is 1. The zero-order valence-corrected chi connectivity index (χ0v) is 9.82. The minimum Gasteiger partial charge on any atom is -0.409 e. The van der Waals surface area contributed by atoms with Crippen molar-refractivity contribution in [2.24, 2.45) is 16.8 Å². The van der Waals surface area contributed by atoms with Crippen LogP contribution in [0.4, 0.5) is 0 Å². The molecule has 15 heavy (non-hydrogen) atoms. The summed E-state index contributed by atoms with van der Waals surface area (Å²) in [5.41, 5.74) is 5.47. The van der Waals surface area contributed by atoms with Gasteiger partial charge >= 0.3 is 0 Å². The quantitative estimate of drug-likeness (QED) is 0.305. The van der Waals surface area contributed by atoms with Gasteiger partial charge in [0.15, 0.2) is 0 Å². The van der Waals surface area contributed by atoms with E-state index >= 15 is 0 Å². The summed E-state index contributed by atoms with van der Waals surface area (Å²) in [5, 5.41) is 11.5. The maximum absolute atomic E-state index is 8.47. The molecule has 1 fully saturated rings. The number of oxime groups is 1. The molecule has 4 nitrogen and oxygen atoms in total. The lowest BCUT2D eigenvalue weighted by Crippen LogP contribution is -2.39. The van der Waals surface area contributed by atoms with Crippen molar-refractivity contribution < 1.29 is 5.21 Å². The fourth-order valence-corrected chi connectivity index (χ4v) is 1.88. The van der Waals surface area contributed by atoms with Crippen LogP contribution >= 0.6 is 0 Å². The van der Waals surface area contributed by atoms with Crippen molar-refractivity contribution in [3.05, 3.63) is 0 Å². The molecule has 0 radical (unpaired) electrons. The Kier molecular flexibility index (Phi) is 4.88. The monoisotopic (exact) mass is 213 g/mol. The number of nitrogens with zero attached hydrogens (tertiary/aromatic N) is 2. The van der Waals surface area contributed by atoms with Crippen LogP contribution in [0.25, 0.3) is 0 Å². The predicted molar refractivity (Wildman–Crippen MR) is 62.1 cm³/mol. The molecular formula is C11H23N3O. The predicted octanol–water partition coefficient (Wildman–Crippen LogP) is 1.63. The first kappa shape index (κ1) is 12.3. The zero-order chi connectivity index (χ0) is 11.3. The van der Waals surface area contributed by atoms with E-state index in [4.69, 9.17) is 10.9 Å². The third-order valence-electron chi connectivity index (χ3n) is 3.23. The van der Waals surface area contributed by atoms with E-state index in [1.165, 1.54) is 19.3 Å². The van der Waals surface area contributed by atoms with E-state index in [2.05, 4.69) is 23.9 Å². The molecule has 0 bridgehead atoms. The van der Waals surface area contributed by atoms with Gasteiger partial charge in [-0.05, 0) is 32.6 Å². The third-order valence-corrected chi connectivity index (χ3v) is 3.23. The van der Waals surface area contributed by atoms with E-state index in [1.54, 1.807) is 0 Å². The lowest BCUT2D eigenvalue weighted by molar-refractivity contribution is 0.150. The normalized spacial score (nSPS) is 18.5. The SMILES string of the molecule is CC(C)N(CCC(N)=NO)CC1CCC1. The van der Waals surface area contributed by atoms with Gasteiger partial charge in [-0.15, -0.1) is 0 Å². The molecule has 0 spiro atoms. The first-order chi connectivity index (χ1) is 7.13. The minimum absolute atomic E-state index is 0.328.